The zero-order valence-electron chi connectivity index (χ0n) is 11.3. The van der Waals surface area contributed by atoms with E-state index in [9.17, 15) is 18.0 Å². The number of carbonyl (C=O) groups is 1. The smallest absolute Gasteiger partial charge is 0.393 e. The van der Waals surface area contributed by atoms with Crippen molar-refractivity contribution in [3.63, 3.8) is 0 Å². The van der Waals surface area contributed by atoms with Crippen LogP contribution in [-0.4, -0.2) is 50.9 Å². The second kappa shape index (κ2) is 6.12. The molecule has 0 bridgehead atoms. The highest BCUT2D eigenvalue weighted by atomic mass is 32.2. The summed E-state index contributed by atoms with van der Waals surface area (Å²) >= 11 is 0.987. The first-order valence-corrected chi connectivity index (χ1v) is 7.33. The maximum atomic E-state index is 12.8. The molecule has 2 heterocycles. The number of rotatable bonds is 4. The van der Waals surface area contributed by atoms with Crippen molar-refractivity contribution < 1.29 is 23.1 Å². The number of carboxylic acids is 1. The summed E-state index contributed by atoms with van der Waals surface area (Å²) in [5, 5.41) is 16.7. The molecular weight excluding hydrogens is 309 g/mol. The monoisotopic (exact) mass is 324 g/mol. The summed E-state index contributed by atoms with van der Waals surface area (Å²) in [4.78, 5) is 12.1. The van der Waals surface area contributed by atoms with Gasteiger partial charge in [-0.15, -0.1) is 10.2 Å². The summed E-state index contributed by atoms with van der Waals surface area (Å²) in [5.41, 5.74) is 0. The molecule has 21 heavy (non-hydrogen) atoms. The first-order chi connectivity index (χ1) is 9.79. The highest BCUT2D eigenvalue weighted by Gasteiger charge is 2.42. The van der Waals surface area contributed by atoms with Crippen LogP contribution in [0.3, 0.4) is 0 Å². The van der Waals surface area contributed by atoms with Gasteiger partial charge >= 0.3 is 12.1 Å². The number of halogens is 3. The van der Waals surface area contributed by atoms with Crippen molar-refractivity contribution in [1.82, 2.24) is 14.8 Å². The molecule has 0 spiro atoms. The maximum Gasteiger partial charge on any atom is 0.393 e. The number of carboxylic acid groups (broad SMARTS) is 1. The lowest BCUT2D eigenvalue weighted by Crippen LogP contribution is -2.42. The molecule has 1 unspecified atom stereocenters. The molecule has 1 atom stereocenters. The quantitative estimate of drug-likeness (QED) is 0.851. The van der Waals surface area contributed by atoms with Crippen molar-refractivity contribution in [2.24, 2.45) is 13.0 Å². The number of thioether (sulfide) groups is 1. The maximum absolute atomic E-state index is 12.8. The van der Waals surface area contributed by atoms with E-state index in [0.29, 0.717) is 24.1 Å². The Morgan fingerprint density at radius 3 is 2.81 bits per heavy atom. The van der Waals surface area contributed by atoms with Gasteiger partial charge in [0.15, 0.2) is 5.16 Å². The average molecular weight is 324 g/mol. The molecule has 0 aromatic carbocycles. The van der Waals surface area contributed by atoms with Crippen LogP contribution >= 0.6 is 11.8 Å². The van der Waals surface area contributed by atoms with Crippen molar-refractivity contribution >= 4 is 23.7 Å². The molecule has 1 saturated heterocycles. The van der Waals surface area contributed by atoms with Crippen molar-refractivity contribution in [1.29, 1.82) is 0 Å². The second-order valence-corrected chi connectivity index (χ2v) is 5.79. The van der Waals surface area contributed by atoms with Crippen molar-refractivity contribution in [2.45, 2.75) is 24.2 Å². The van der Waals surface area contributed by atoms with E-state index in [4.69, 9.17) is 5.11 Å². The Balaban J connectivity index is 2.09. The molecule has 1 aromatic heterocycles. The summed E-state index contributed by atoms with van der Waals surface area (Å²) in [6.45, 7) is 0.348. The van der Waals surface area contributed by atoms with E-state index < -0.39 is 18.1 Å². The van der Waals surface area contributed by atoms with E-state index in [1.807, 2.05) is 0 Å². The van der Waals surface area contributed by atoms with Gasteiger partial charge in [-0.25, -0.2) is 0 Å². The Bertz CT molecular complexity index is 520. The number of hydrogen-bond donors (Lipinski definition) is 1. The third kappa shape index (κ3) is 3.80. The number of aliphatic carboxylic acids is 1. The number of alkyl halides is 3. The molecule has 0 amide bonds. The van der Waals surface area contributed by atoms with Crippen LogP contribution in [0.25, 0.3) is 0 Å². The van der Waals surface area contributed by atoms with Gasteiger partial charge in [-0.3, -0.25) is 9.36 Å². The third-order valence-electron chi connectivity index (χ3n) is 3.30. The largest absolute Gasteiger partial charge is 0.481 e. The van der Waals surface area contributed by atoms with Crippen LogP contribution in [0.5, 0.6) is 0 Å². The molecule has 10 heteroatoms. The lowest BCUT2D eigenvalue weighted by molar-refractivity contribution is -0.176. The summed E-state index contributed by atoms with van der Waals surface area (Å²) in [6, 6.07) is 0. The van der Waals surface area contributed by atoms with Crippen molar-refractivity contribution in [2.75, 3.05) is 23.7 Å². The van der Waals surface area contributed by atoms with E-state index in [1.165, 1.54) is 4.57 Å². The first kappa shape index (κ1) is 15.9. The number of anilines is 1. The Hall–Kier alpha value is -1.45. The van der Waals surface area contributed by atoms with Crippen LogP contribution in [0, 0.1) is 5.92 Å². The van der Waals surface area contributed by atoms with Crippen LogP contribution in [0.1, 0.15) is 12.8 Å². The fourth-order valence-corrected chi connectivity index (χ4v) is 2.89. The third-order valence-corrected chi connectivity index (χ3v) is 4.31. The van der Waals surface area contributed by atoms with Crippen LogP contribution in [-0.2, 0) is 11.8 Å². The highest BCUT2D eigenvalue weighted by molar-refractivity contribution is 7.99. The van der Waals surface area contributed by atoms with Gasteiger partial charge in [-0.1, -0.05) is 11.8 Å². The molecule has 2 rings (SSSR count). The Kier molecular flexibility index (Phi) is 4.64. The Morgan fingerprint density at radius 1 is 1.48 bits per heavy atom. The number of aromatic nitrogens is 3. The Labute approximate surface area is 123 Å². The van der Waals surface area contributed by atoms with E-state index in [0.717, 1.165) is 11.8 Å². The van der Waals surface area contributed by atoms with E-state index in [-0.39, 0.29) is 18.7 Å². The minimum atomic E-state index is -4.21. The Morgan fingerprint density at radius 2 is 2.19 bits per heavy atom. The molecule has 0 saturated carbocycles. The van der Waals surface area contributed by atoms with E-state index >= 15 is 0 Å². The topological polar surface area (TPSA) is 71.2 Å². The molecule has 1 fully saturated rings. The summed E-state index contributed by atoms with van der Waals surface area (Å²) in [7, 11) is 1.62. The molecule has 0 aliphatic carbocycles. The molecule has 1 aliphatic heterocycles. The minimum Gasteiger partial charge on any atom is -0.481 e. The standard InChI is InChI=1S/C11H15F3N4O2S/c1-17-9(15-16-10(17)21-6-8(19)20)18-4-2-3-7(5-18)11(12,13)14/h7H,2-6H2,1H3,(H,19,20). The van der Waals surface area contributed by atoms with Gasteiger partial charge in [0.05, 0.1) is 11.7 Å². The number of piperidine rings is 1. The molecule has 118 valence electrons. The molecular formula is C11H15F3N4O2S. The fourth-order valence-electron chi connectivity index (χ4n) is 2.26. The molecule has 1 N–H and O–H groups in total. The van der Waals surface area contributed by atoms with Crippen LogP contribution in [0.4, 0.5) is 19.1 Å². The minimum absolute atomic E-state index is 0.123. The first-order valence-electron chi connectivity index (χ1n) is 6.34. The average Bonchev–Trinajstić information content (AvgIpc) is 2.77. The van der Waals surface area contributed by atoms with E-state index in [1.54, 1.807) is 11.9 Å². The lowest BCUT2D eigenvalue weighted by Gasteiger charge is -2.33. The summed E-state index contributed by atoms with van der Waals surface area (Å²) in [6.07, 6.45) is -3.65. The zero-order valence-corrected chi connectivity index (χ0v) is 12.1. The van der Waals surface area contributed by atoms with Gasteiger partial charge in [-0.05, 0) is 12.8 Å². The van der Waals surface area contributed by atoms with Gasteiger partial charge in [0.1, 0.15) is 0 Å². The second-order valence-electron chi connectivity index (χ2n) is 4.85. The van der Waals surface area contributed by atoms with Gasteiger partial charge in [0.2, 0.25) is 5.95 Å². The van der Waals surface area contributed by atoms with Crippen LogP contribution in [0.2, 0.25) is 0 Å². The highest BCUT2D eigenvalue weighted by Crippen LogP contribution is 2.34. The van der Waals surface area contributed by atoms with Crippen molar-refractivity contribution in [3.05, 3.63) is 0 Å². The van der Waals surface area contributed by atoms with Gasteiger partial charge in [-0.2, -0.15) is 13.2 Å². The summed E-state index contributed by atoms with van der Waals surface area (Å²) < 4.78 is 40.0. The summed E-state index contributed by atoms with van der Waals surface area (Å²) in [5.74, 6) is -2.17. The zero-order chi connectivity index (χ0) is 15.6. The molecule has 0 radical (unpaired) electrons. The normalized spacial score (nSPS) is 19.8. The van der Waals surface area contributed by atoms with Crippen molar-refractivity contribution in [3.8, 4) is 0 Å². The molecule has 1 aromatic rings. The fraction of sp³-hybridized carbons (Fsp3) is 0.727. The van der Waals surface area contributed by atoms with Crippen LogP contribution < -0.4 is 4.90 Å². The lowest BCUT2D eigenvalue weighted by atomic mass is 9.98. The number of hydrogen-bond acceptors (Lipinski definition) is 5. The predicted octanol–water partition coefficient (Wildman–Crippen LogP) is 1.77. The van der Waals surface area contributed by atoms with Gasteiger partial charge in [0, 0.05) is 20.1 Å². The SMILES string of the molecule is Cn1c(SCC(=O)O)nnc1N1CCCC(C(F)(F)F)C1. The molecule has 1 aliphatic rings. The number of nitrogens with zero attached hydrogens (tertiary/aromatic N) is 4. The van der Waals surface area contributed by atoms with Crippen LogP contribution in [0.15, 0.2) is 5.16 Å². The predicted molar refractivity (Wildman–Crippen MR) is 70.4 cm³/mol. The van der Waals surface area contributed by atoms with Gasteiger partial charge in [0.25, 0.3) is 0 Å². The van der Waals surface area contributed by atoms with Gasteiger partial charge < -0.3 is 10.0 Å². The molecule has 6 nitrogen and oxygen atoms in total. The van der Waals surface area contributed by atoms with E-state index in [2.05, 4.69) is 10.2 Å².